The fourth-order valence-electron chi connectivity index (χ4n) is 3.78. The fourth-order valence-corrected chi connectivity index (χ4v) is 4.12. The molecular formula is C28H25Cl2NO6. The van der Waals surface area contributed by atoms with Gasteiger partial charge in [0.25, 0.3) is 5.91 Å². The predicted molar refractivity (Wildman–Crippen MR) is 146 cm³/mol. The molecule has 0 fully saturated rings. The van der Waals surface area contributed by atoms with E-state index in [1.165, 1.54) is 20.3 Å². The standard InChI is InChI=1S/C28H25Cl2NO6/c1-14-11-23-18(13-20(14)30)25(32)27(26(37-23)17-9-10-22(34-4)24(12-17)35-5)36-16(3)28(33)31-21-8-6-7-19(29)15(21)2/h6-13,16H,1-5H3,(H,31,33). The molecule has 4 rings (SSSR count). The number of carbonyl (C=O) groups is 1. The van der Waals surface area contributed by atoms with E-state index in [1.54, 1.807) is 56.3 Å². The van der Waals surface area contributed by atoms with Crippen molar-refractivity contribution in [1.82, 2.24) is 0 Å². The Bertz CT molecular complexity index is 1560. The van der Waals surface area contributed by atoms with Gasteiger partial charge in [-0.3, -0.25) is 9.59 Å². The predicted octanol–water partition coefficient (Wildman–Crippen LogP) is 6.81. The lowest BCUT2D eigenvalue weighted by atomic mass is 10.1. The van der Waals surface area contributed by atoms with E-state index in [0.29, 0.717) is 43.9 Å². The molecule has 3 aromatic carbocycles. The quantitative estimate of drug-likeness (QED) is 0.276. The monoisotopic (exact) mass is 541 g/mol. The van der Waals surface area contributed by atoms with Gasteiger partial charge in [0.05, 0.1) is 19.6 Å². The van der Waals surface area contributed by atoms with E-state index >= 15 is 0 Å². The molecule has 0 aliphatic carbocycles. The molecule has 37 heavy (non-hydrogen) atoms. The van der Waals surface area contributed by atoms with E-state index in [9.17, 15) is 9.59 Å². The summed E-state index contributed by atoms with van der Waals surface area (Å²) < 4.78 is 22.9. The molecule has 1 heterocycles. The van der Waals surface area contributed by atoms with Gasteiger partial charge in [-0.15, -0.1) is 0 Å². The minimum Gasteiger partial charge on any atom is -0.493 e. The molecule has 0 aliphatic rings. The van der Waals surface area contributed by atoms with Crippen LogP contribution in [-0.4, -0.2) is 26.2 Å². The van der Waals surface area contributed by atoms with E-state index in [2.05, 4.69) is 5.32 Å². The molecule has 0 radical (unpaired) electrons. The fraction of sp³-hybridized carbons (Fsp3) is 0.214. The van der Waals surface area contributed by atoms with E-state index in [-0.39, 0.29) is 16.9 Å². The number of hydrogen-bond donors (Lipinski definition) is 1. The maximum absolute atomic E-state index is 13.6. The van der Waals surface area contributed by atoms with Crippen LogP contribution in [0.4, 0.5) is 5.69 Å². The minimum absolute atomic E-state index is 0.134. The average molecular weight is 542 g/mol. The Kier molecular flexibility index (Phi) is 7.66. The summed E-state index contributed by atoms with van der Waals surface area (Å²) >= 11 is 12.5. The molecule has 7 nitrogen and oxygen atoms in total. The summed E-state index contributed by atoms with van der Waals surface area (Å²) in [6, 6.07) is 13.5. The highest BCUT2D eigenvalue weighted by molar-refractivity contribution is 6.32. The highest BCUT2D eigenvalue weighted by atomic mass is 35.5. The lowest BCUT2D eigenvalue weighted by molar-refractivity contribution is -0.122. The molecule has 4 aromatic rings. The lowest BCUT2D eigenvalue weighted by Gasteiger charge is -2.18. The largest absolute Gasteiger partial charge is 0.493 e. The lowest BCUT2D eigenvalue weighted by Crippen LogP contribution is -2.32. The van der Waals surface area contributed by atoms with Crippen LogP contribution in [0.1, 0.15) is 18.1 Å². The van der Waals surface area contributed by atoms with Crippen molar-refractivity contribution in [2.24, 2.45) is 0 Å². The van der Waals surface area contributed by atoms with Crippen molar-refractivity contribution in [3.63, 3.8) is 0 Å². The van der Waals surface area contributed by atoms with Crippen molar-refractivity contribution in [1.29, 1.82) is 0 Å². The number of halogens is 2. The van der Waals surface area contributed by atoms with Crippen LogP contribution in [0, 0.1) is 13.8 Å². The summed E-state index contributed by atoms with van der Waals surface area (Å²) in [5, 5.41) is 3.96. The summed E-state index contributed by atoms with van der Waals surface area (Å²) in [7, 11) is 3.03. The number of amides is 1. The van der Waals surface area contributed by atoms with Crippen LogP contribution < -0.4 is 25.0 Å². The van der Waals surface area contributed by atoms with Gasteiger partial charge in [0.2, 0.25) is 11.2 Å². The van der Waals surface area contributed by atoms with Gasteiger partial charge in [-0.05, 0) is 74.4 Å². The van der Waals surface area contributed by atoms with Crippen LogP contribution in [0.2, 0.25) is 10.0 Å². The highest BCUT2D eigenvalue weighted by Crippen LogP contribution is 2.38. The van der Waals surface area contributed by atoms with Gasteiger partial charge in [-0.2, -0.15) is 0 Å². The highest BCUT2D eigenvalue weighted by Gasteiger charge is 2.25. The van der Waals surface area contributed by atoms with Crippen molar-refractivity contribution in [2.45, 2.75) is 26.9 Å². The van der Waals surface area contributed by atoms with Crippen molar-refractivity contribution in [2.75, 3.05) is 19.5 Å². The number of nitrogens with one attached hydrogen (secondary N) is 1. The van der Waals surface area contributed by atoms with Gasteiger partial charge in [0.15, 0.2) is 23.4 Å². The van der Waals surface area contributed by atoms with Crippen LogP contribution in [0.3, 0.4) is 0 Å². The van der Waals surface area contributed by atoms with Crippen molar-refractivity contribution in [3.05, 3.63) is 79.9 Å². The smallest absolute Gasteiger partial charge is 0.265 e. The third kappa shape index (κ3) is 5.24. The zero-order valence-electron chi connectivity index (χ0n) is 20.9. The maximum Gasteiger partial charge on any atom is 0.265 e. The number of carbonyl (C=O) groups excluding carboxylic acids is 1. The van der Waals surface area contributed by atoms with Gasteiger partial charge >= 0.3 is 0 Å². The SMILES string of the molecule is COc1ccc(-c2oc3cc(C)c(Cl)cc3c(=O)c2OC(C)C(=O)Nc2cccc(Cl)c2C)cc1OC. The zero-order chi connectivity index (χ0) is 26.9. The van der Waals surface area contributed by atoms with Gasteiger partial charge in [0, 0.05) is 21.3 Å². The second-order valence-electron chi connectivity index (χ2n) is 8.42. The first-order valence-corrected chi connectivity index (χ1v) is 12.1. The van der Waals surface area contributed by atoms with Gasteiger partial charge in [0.1, 0.15) is 5.58 Å². The van der Waals surface area contributed by atoms with E-state index < -0.39 is 17.4 Å². The molecule has 0 saturated heterocycles. The summed E-state index contributed by atoms with van der Waals surface area (Å²) in [5.41, 5.74) is 2.36. The molecule has 0 saturated carbocycles. The summed E-state index contributed by atoms with van der Waals surface area (Å²) in [4.78, 5) is 26.6. The van der Waals surface area contributed by atoms with Crippen LogP contribution in [0.25, 0.3) is 22.3 Å². The topological polar surface area (TPSA) is 87.0 Å². The maximum atomic E-state index is 13.6. The molecular weight excluding hydrogens is 517 g/mol. The Balaban J connectivity index is 1.81. The molecule has 1 unspecified atom stereocenters. The number of ether oxygens (including phenoxy) is 3. The number of rotatable bonds is 7. The summed E-state index contributed by atoms with van der Waals surface area (Å²) in [5.74, 6) is 0.473. The van der Waals surface area contributed by atoms with Crippen molar-refractivity contribution < 1.29 is 23.4 Å². The number of fused-ring (bicyclic) bond motifs is 1. The first-order chi connectivity index (χ1) is 17.6. The van der Waals surface area contributed by atoms with E-state index in [1.807, 2.05) is 6.92 Å². The Morgan fingerprint density at radius 1 is 0.973 bits per heavy atom. The molecule has 0 bridgehead atoms. The molecule has 0 aliphatic heterocycles. The first kappa shape index (κ1) is 26.4. The normalized spacial score (nSPS) is 11.8. The first-order valence-electron chi connectivity index (χ1n) is 11.4. The number of hydrogen-bond acceptors (Lipinski definition) is 6. The van der Waals surface area contributed by atoms with Crippen molar-refractivity contribution in [3.8, 4) is 28.6 Å². The molecule has 1 N–H and O–H groups in total. The minimum atomic E-state index is -1.06. The van der Waals surface area contributed by atoms with E-state index in [4.69, 9.17) is 41.8 Å². The third-order valence-corrected chi connectivity index (χ3v) is 6.78. The summed E-state index contributed by atoms with van der Waals surface area (Å²) in [6.07, 6.45) is -1.06. The number of anilines is 1. The van der Waals surface area contributed by atoms with Gasteiger partial charge in [-0.1, -0.05) is 29.3 Å². The molecule has 192 valence electrons. The third-order valence-electron chi connectivity index (χ3n) is 5.97. The zero-order valence-corrected chi connectivity index (χ0v) is 22.4. The number of methoxy groups -OCH3 is 2. The van der Waals surface area contributed by atoms with Gasteiger partial charge in [-0.25, -0.2) is 0 Å². The van der Waals surface area contributed by atoms with Crippen LogP contribution in [0.15, 0.2) is 57.7 Å². The number of benzene rings is 3. The van der Waals surface area contributed by atoms with Crippen molar-refractivity contribution >= 4 is 45.8 Å². The average Bonchev–Trinajstić information content (AvgIpc) is 2.89. The second kappa shape index (κ2) is 10.7. The Labute approximate surface area is 223 Å². The molecule has 1 atom stereocenters. The van der Waals surface area contributed by atoms with Crippen LogP contribution >= 0.6 is 23.2 Å². The Morgan fingerprint density at radius 2 is 1.70 bits per heavy atom. The number of aryl methyl sites for hydroxylation is 1. The van der Waals surface area contributed by atoms with Gasteiger partial charge < -0.3 is 23.9 Å². The molecule has 1 aromatic heterocycles. The van der Waals surface area contributed by atoms with Crippen LogP contribution in [0.5, 0.6) is 17.2 Å². The Hall–Kier alpha value is -3.68. The molecule has 9 heteroatoms. The molecule has 1 amide bonds. The van der Waals surface area contributed by atoms with Crippen LogP contribution in [-0.2, 0) is 4.79 Å². The summed E-state index contributed by atoms with van der Waals surface area (Å²) in [6.45, 7) is 5.15. The Morgan fingerprint density at radius 3 is 2.41 bits per heavy atom. The van der Waals surface area contributed by atoms with E-state index in [0.717, 1.165) is 5.56 Å². The molecule has 0 spiro atoms. The second-order valence-corrected chi connectivity index (χ2v) is 9.23.